The number of nitrogens with one attached hydrogen (secondary N) is 1. The summed E-state index contributed by atoms with van der Waals surface area (Å²) >= 11 is 0. The van der Waals surface area contributed by atoms with E-state index in [1.165, 1.54) is 17.5 Å². The summed E-state index contributed by atoms with van der Waals surface area (Å²) in [5.41, 5.74) is 3.71. The molecule has 0 aromatic heterocycles. The standard InChI is InChI=1S/C24H33N3O3S/c1-19-6-4-9-23(16-19)27-14-12-26(13-15-27)11-10-20(2)25-24(28)22-8-5-7-21(17-22)18-31(3,29)30/h4-9,16-17,20H,10-15,18H2,1-3H3,(H,25,28). The highest BCUT2D eigenvalue weighted by molar-refractivity contribution is 7.89. The normalized spacial score (nSPS) is 16.2. The van der Waals surface area contributed by atoms with E-state index in [1.54, 1.807) is 24.3 Å². The first-order valence-corrected chi connectivity index (χ1v) is 12.9. The largest absolute Gasteiger partial charge is 0.369 e. The van der Waals surface area contributed by atoms with Crippen molar-refractivity contribution < 1.29 is 13.2 Å². The third-order valence-electron chi connectivity index (χ3n) is 5.61. The highest BCUT2D eigenvalue weighted by Crippen LogP contribution is 2.18. The Labute approximate surface area is 186 Å². The second-order valence-electron chi connectivity index (χ2n) is 8.60. The summed E-state index contributed by atoms with van der Waals surface area (Å²) in [6.45, 7) is 9.13. The zero-order valence-corrected chi connectivity index (χ0v) is 19.5. The Kier molecular flexibility index (Phi) is 7.73. The Morgan fingerprint density at radius 3 is 2.45 bits per heavy atom. The third kappa shape index (κ3) is 7.36. The van der Waals surface area contributed by atoms with Crippen LogP contribution in [-0.2, 0) is 15.6 Å². The van der Waals surface area contributed by atoms with Gasteiger partial charge in [-0.15, -0.1) is 0 Å². The fourth-order valence-corrected chi connectivity index (χ4v) is 4.70. The van der Waals surface area contributed by atoms with Crippen LogP contribution in [0.5, 0.6) is 0 Å². The molecule has 1 atom stereocenters. The zero-order chi connectivity index (χ0) is 22.4. The molecule has 31 heavy (non-hydrogen) atoms. The van der Waals surface area contributed by atoms with Crippen molar-refractivity contribution >= 4 is 21.4 Å². The van der Waals surface area contributed by atoms with Crippen molar-refractivity contribution in [2.75, 3.05) is 43.9 Å². The summed E-state index contributed by atoms with van der Waals surface area (Å²) in [4.78, 5) is 17.4. The molecule has 1 saturated heterocycles. The first kappa shape index (κ1) is 23.3. The Morgan fingerprint density at radius 2 is 1.77 bits per heavy atom. The van der Waals surface area contributed by atoms with Crippen molar-refractivity contribution in [2.24, 2.45) is 0 Å². The van der Waals surface area contributed by atoms with Crippen LogP contribution in [0.25, 0.3) is 0 Å². The zero-order valence-electron chi connectivity index (χ0n) is 18.7. The topological polar surface area (TPSA) is 69.7 Å². The van der Waals surface area contributed by atoms with Gasteiger partial charge in [0.1, 0.15) is 0 Å². The molecule has 168 valence electrons. The molecule has 0 saturated carbocycles. The van der Waals surface area contributed by atoms with E-state index in [1.807, 2.05) is 6.92 Å². The number of sulfone groups is 1. The molecule has 1 fully saturated rings. The van der Waals surface area contributed by atoms with Crippen LogP contribution in [-0.4, -0.2) is 64.2 Å². The van der Waals surface area contributed by atoms with Crippen molar-refractivity contribution in [2.45, 2.75) is 32.1 Å². The SMILES string of the molecule is Cc1cccc(N2CCN(CCC(C)NC(=O)c3cccc(CS(C)(=O)=O)c3)CC2)c1. The Balaban J connectivity index is 1.44. The van der Waals surface area contributed by atoms with E-state index in [0.717, 1.165) is 39.1 Å². The molecule has 1 N–H and O–H groups in total. The number of hydrogen-bond donors (Lipinski definition) is 1. The van der Waals surface area contributed by atoms with Gasteiger partial charge < -0.3 is 10.2 Å². The van der Waals surface area contributed by atoms with E-state index in [9.17, 15) is 13.2 Å². The molecule has 3 rings (SSSR count). The van der Waals surface area contributed by atoms with Crippen molar-refractivity contribution in [3.05, 3.63) is 65.2 Å². The Hall–Kier alpha value is -2.38. The highest BCUT2D eigenvalue weighted by Gasteiger charge is 2.18. The lowest BCUT2D eigenvalue weighted by molar-refractivity contribution is 0.0935. The van der Waals surface area contributed by atoms with Crippen LogP contribution in [0.2, 0.25) is 0 Å². The van der Waals surface area contributed by atoms with Gasteiger partial charge in [-0.2, -0.15) is 0 Å². The second kappa shape index (κ2) is 10.3. The number of carbonyl (C=O) groups is 1. The summed E-state index contributed by atoms with van der Waals surface area (Å²) < 4.78 is 23.0. The molecule has 1 unspecified atom stereocenters. The summed E-state index contributed by atoms with van der Waals surface area (Å²) in [7, 11) is -3.13. The number of piperazine rings is 1. The third-order valence-corrected chi connectivity index (χ3v) is 6.47. The van der Waals surface area contributed by atoms with Crippen molar-refractivity contribution in [1.29, 1.82) is 0 Å². The van der Waals surface area contributed by atoms with E-state index in [0.29, 0.717) is 11.1 Å². The predicted octanol–water partition coefficient (Wildman–Crippen LogP) is 2.87. The number of carbonyl (C=O) groups excluding carboxylic acids is 1. The lowest BCUT2D eigenvalue weighted by atomic mass is 10.1. The smallest absolute Gasteiger partial charge is 0.251 e. The molecule has 0 aliphatic carbocycles. The van der Waals surface area contributed by atoms with Gasteiger partial charge >= 0.3 is 0 Å². The van der Waals surface area contributed by atoms with Crippen molar-refractivity contribution in [3.63, 3.8) is 0 Å². The lowest BCUT2D eigenvalue weighted by Gasteiger charge is -2.36. The van der Waals surface area contributed by atoms with Gasteiger partial charge in [-0.25, -0.2) is 8.42 Å². The van der Waals surface area contributed by atoms with Gasteiger partial charge in [-0.1, -0.05) is 24.3 Å². The number of anilines is 1. The van der Waals surface area contributed by atoms with Gasteiger partial charge in [0.15, 0.2) is 9.84 Å². The summed E-state index contributed by atoms with van der Waals surface area (Å²) in [5.74, 6) is -0.217. The van der Waals surface area contributed by atoms with Gasteiger partial charge in [0, 0.05) is 56.3 Å². The number of benzene rings is 2. The molecule has 0 bridgehead atoms. The molecule has 1 aliphatic heterocycles. The maximum Gasteiger partial charge on any atom is 0.251 e. The fraction of sp³-hybridized carbons (Fsp3) is 0.458. The van der Waals surface area contributed by atoms with Crippen LogP contribution in [0.3, 0.4) is 0 Å². The maximum absolute atomic E-state index is 12.6. The minimum Gasteiger partial charge on any atom is -0.369 e. The molecule has 1 aliphatic rings. The summed E-state index contributed by atoms with van der Waals surface area (Å²) in [5, 5.41) is 3.04. The molecule has 7 heteroatoms. The minimum absolute atomic E-state index is 0.0425. The average molecular weight is 444 g/mol. The molecule has 0 radical (unpaired) electrons. The van der Waals surface area contributed by atoms with E-state index < -0.39 is 9.84 Å². The van der Waals surface area contributed by atoms with E-state index in [-0.39, 0.29) is 17.7 Å². The van der Waals surface area contributed by atoms with Crippen molar-refractivity contribution in [1.82, 2.24) is 10.2 Å². The number of rotatable bonds is 8. The second-order valence-corrected chi connectivity index (χ2v) is 10.7. The molecular formula is C24H33N3O3S. The number of amides is 1. The van der Waals surface area contributed by atoms with E-state index >= 15 is 0 Å². The quantitative estimate of drug-likeness (QED) is 0.679. The van der Waals surface area contributed by atoms with Gasteiger partial charge in [-0.05, 0) is 55.7 Å². The van der Waals surface area contributed by atoms with Crippen LogP contribution in [0.1, 0.15) is 34.8 Å². The summed E-state index contributed by atoms with van der Waals surface area (Å²) in [6, 6.07) is 15.5. The fourth-order valence-electron chi connectivity index (χ4n) is 3.91. The summed E-state index contributed by atoms with van der Waals surface area (Å²) in [6.07, 6.45) is 2.07. The first-order chi connectivity index (χ1) is 14.7. The number of nitrogens with zero attached hydrogens (tertiary/aromatic N) is 2. The van der Waals surface area contributed by atoms with Gasteiger partial charge in [-0.3, -0.25) is 9.69 Å². The molecule has 0 spiro atoms. The van der Waals surface area contributed by atoms with E-state index in [2.05, 4.69) is 46.3 Å². The first-order valence-electron chi connectivity index (χ1n) is 10.8. The van der Waals surface area contributed by atoms with Crippen LogP contribution in [0, 0.1) is 6.92 Å². The van der Waals surface area contributed by atoms with Crippen LogP contribution < -0.4 is 10.2 Å². The molecule has 1 amide bonds. The molecule has 2 aromatic carbocycles. The Bertz CT molecular complexity index is 999. The molecule has 1 heterocycles. The van der Waals surface area contributed by atoms with Crippen LogP contribution in [0.4, 0.5) is 5.69 Å². The number of aryl methyl sites for hydroxylation is 1. The maximum atomic E-state index is 12.6. The van der Waals surface area contributed by atoms with Crippen molar-refractivity contribution in [3.8, 4) is 0 Å². The highest BCUT2D eigenvalue weighted by atomic mass is 32.2. The van der Waals surface area contributed by atoms with Gasteiger partial charge in [0.05, 0.1) is 5.75 Å². The minimum atomic E-state index is -3.13. The van der Waals surface area contributed by atoms with E-state index in [4.69, 9.17) is 0 Å². The predicted molar refractivity (Wildman–Crippen MR) is 126 cm³/mol. The van der Waals surface area contributed by atoms with Crippen LogP contribution in [0.15, 0.2) is 48.5 Å². The molecular weight excluding hydrogens is 410 g/mol. The van der Waals surface area contributed by atoms with Gasteiger partial charge in [0.25, 0.3) is 5.91 Å². The molecule has 2 aromatic rings. The lowest BCUT2D eigenvalue weighted by Crippen LogP contribution is -2.47. The monoisotopic (exact) mass is 443 g/mol. The van der Waals surface area contributed by atoms with Gasteiger partial charge in [0.2, 0.25) is 0 Å². The van der Waals surface area contributed by atoms with Crippen LogP contribution >= 0.6 is 0 Å². The molecule has 6 nitrogen and oxygen atoms in total. The number of hydrogen-bond acceptors (Lipinski definition) is 5. The average Bonchev–Trinajstić information content (AvgIpc) is 2.71. The Morgan fingerprint density at radius 1 is 1.06 bits per heavy atom.